The Labute approximate surface area is 191 Å². The molecule has 0 atom stereocenters. The zero-order valence-corrected chi connectivity index (χ0v) is 18.7. The largest absolute Gasteiger partial charge is 0.481 e. The van der Waals surface area contributed by atoms with E-state index in [0.29, 0.717) is 17.5 Å². The Morgan fingerprint density at radius 3 is 2.50 bits per heavy atom. The molecule has 32 heavy (non-hydrogen) atoms. The van der Waals surface area contributed by atoms with Crippen molar-refractivity contribution in [3.05, 3.63) is 72.3 Å². The Morgan fingerprint density at radius 1 is 0.938 bits per heavy atom. The molecule has 5 aromatic rings. The number of terminal acetylenes is 1. The van der Waals surface area contributed by atoms with Gasteiger partial charge >= 0.3 is 0 Å². The molecule has 0 saturated heterocycles. The van der Waals surface area contributed by atoms with Crippen molar-refractivity contribution in [1.29, 1.82) is 0 Å². The van der Waals surface area contributed by atoms with E-state index in [-0.39, 0.29) is 6.61 Å². The molecule has 0 aliphatic carbocycles. The maximum Gasteiger partial charge on any atom is 0.189 e. The van der Waals surface area contributed by atoms with E-state index in [1.54, 1.807) is 11.3 Å². The predicted octanol–water partition coefficient (Wildman–Crippen LogP) is 6.71. The minimum Gasteiger partial charge on any atom is -0.481 e. The SMILES string of the molecule is C#CCOc1ccc2nc(-c3nc4ccccc4s3)nc(-c3ccc(C(C)C)cc3)c2c1. The summed E-state index contributed by atoms with van der Waals surface area (Å²) in [5, 5.41) is 1.72. The second-order valence-electron chi connectivity index (χ2n) is 7.83. The second-order valence-corrected chi connectivity index (χ2v) is 8.86. The van der Waals surface area contributed by atoms with Crippen molar-refractivity contribution >= 4 is 32.5 Å². The summed E-state index contributed by atoms with van der Waals surface area (Å²) in [7, 11) is 0. The van der Waals surface area contributed by atoms with Gasteiger partial charge in [0.25, 0.3) is 0 Å². The number of nitrogens with zero attached hydrogens (tertiary/aromatic N) is 3. The molecule has 0 bridgehead atoms. The van der Waals surface area contributed by atoms with Crippen LogP contribution in [-0.4, -0.2) is 21.6 Å². The lowest BCUT2D eigenvalue weighted by molar-refractivity contribution is 0.371. The van der Waals surface area contributed by atoms with Crippen LogP contribution < -0.4 is 4.74 Å². The van der Waals surface area contributed by atoms with Crippen LogP contribution in [0.3, 0.4) is 0 Å². The van der Waals surface area contributed by atoms with Gasteiger partial charge < -0.3 is 4.74 Å². The smallest absolute Gasteiger partial charge is 0.189 e. The summed E-state index contributed by atoms with van der Waals surface area (Å²) in [5.41, 5.74) is 4.96. The molecule has 2 heterocycles. The fourth-order valence-electron chi connectivity index (χ4n) is 3.63. The summed E-state index contributed by atoms with van der Waals surface area (Å²) in [5.74, 6) is 4.30. The predicted molar refractivity (Wildman–Crippen MR) is 132 cm³/mol. The van der Waals surface area contributed by atoms with Gasteiger partial charge in [-0.3, -0.25) is 0 Å². The van der Waals surface area contributed by atoms with E-state index in [9.17, 15) is 0 Å². The van der Waals surface area contributed by atoms with E-state index in [1.807, 2.05) is 36.4 Å². The van der Waals surface area contributed by atoms with Crippen LogP contribution in [0.4, 0.5) is 0 Å². The zero-order chi connectivity index (χ0) is 22.1. The topological polar surface area (TPSA) is 47.9 Å². The molecule has 2 aromatic heterocycles. The lowest BCUT2D eigenvalue weighted by atomic mass is 9.99. The van der Waals surface area contributed by atoms with Crippen molar-refractivity contribution in [2.45, 2.75) is 19.8 Å². The number of ether oxygens (including phenoxy) is 1. The molecule has 4 nitrogen and oxygen atoms in total. The first-order valence-corrected chi connectivity index (χ1v) is 11.3. The standard InChI is InChI=1S/C27H21N3OS/c1-4-15-31-20-13-14-22-21(16-20)25(19-11-9-18(10-12-19)17(2)3)30-26(28-22)27-29-23-7-5-6-8-24(23)32-27/h1,5-14,16-17H,15H2,2-3H3. The molecular weight excluding hydrogens is 414 g/mol. The lowest BCUT2D eigenvalue weighted by Gasteiger charge is -2.11. The zero-order valence-electron chi connectivity index (χ0n) is 17.9. The van der Waals surface area contributed by atoms with E-state index in [1.165, 1.54) is 5.56 Å². The van der Waals surface area contributed by atoms with E-state index in [4.69, 9.17) is 26.1 Å². The molecule has 0 unspecified atom stereocenters. The van der Waals surface area contributed by atoms with E-state index in [0.717, 1.165) is 37.4 Å². The van der Waals surface area contributed by atoms with Gasteiger partial charge in [0.05, 0.1) is 21.4 Å². The van der Waals surface area contributed by atoms with Gasteiger partial charge in [0.2, 0.25) is 0 Å². The molecule has 3 aromatic carbocycles. The summed E-state index contributed by atoms with van der Waals surface area (Å²) >= 11 is 1.60. The Balaban J connectivity index is 1.70. The highest BCUT2D eigenvalue weighted by atomic mass is 32.1. The Hall–Kier alpha value is -3.75. The van der Waals surface area contributed by atoms with Crippen molar-refractivity contribution < 1.29 is 4.74 Å². The number of hydrogen-bond acceptors (Lipinski definition) is 5. The Kier molecular flexibility index (Phi) is 5.30. The van der Waals surface area contributed by atoms with Crippen LogP contribution >= 0.6 is 11.3 Å². The average molecular weight is 436 g/mol. The van der Waals surface area contributed by atoms with Crippen LogP contribution in [0.15, 0.2) is 66.7 Å². The number of para-hydroxylation sites is 1. The summed E-state index contributed by atoms with van der Waals surface area (Å²) in [6.45, 7) is 4.60. The quantitative estimate of drug-likeness (QED) is 0.288. The highest BCUT2D eigenvalue weighted by molar-refractivity contribution is 7.21. The van der Waals surface area contributed by atoms with Crippen molar-refractivity contribution in [2.24, 2.45) is 0 Å². The molecule has 0 aliphatic heterocycles. The first-order valence-electron chi connectivity index (χ1n) is 10.5. The molecule has 0 amide bonds. The monoisotopic (exact) mass is 435 g/mol. The maximum atomic E-state index is 5.66. The van der Waals surface area contributed by atoms with Gasteiger partial charge in [0.1, 0.15) is 12.4 Å². The Bertz CT molecular complexity index is 1430. The third-order valence-corrected chi connectivity index (χ3v) is 6.36. The molecule has 0 N–H and O–H groups in total. The summed E-state index contributed by atoms with van der Waals surface area (Å²) < 4.78 is 6.78. The highest BCUT2D eigenvalue weighted by Crippen LogP contribution is 2.34. The van der Waals surface area contributed by atoms with Crippen LogP contribution in [0.25, 0.3) is 43.2 Å². The van der Waals surface area contributed by atoms with Crippen LogP contribution in [0.1, 0.15) is 25.3 Å². The summed E-state index contributed by atoms with van der Waals surface area (Å²) in [6.07, 6.45) is 5.36. The molecule has 0 fully saturated rings. The fourth-order valence-corrected chi connectivity index (χ4v) is 4.53. The van der Waals surface area contributed by atoms with E-state index in [2.05, 4.69) is 50.1 Å². The number of rotatable bonds is 5. The van der Waals surface area contributed by atoms with Crippen LogP contribution in [0, 0.1) is 12.3 Å². The number of hydrogen-bond donors (Lipinski definition) is 0. The first kappa shape index (κ1) is 20.2. The van der Waals surface area contributed by atoms with Gasteiger partial charge in [-0.05, 0) is 41.8 Å². The van der Waals surface area contributed by atoms with Crippen LogP contribution in [-0.2, 0) is 0 Å². The third kappa shape index (κ3) is 3.81. The molecule has 5 rings (SSSR count). The molecule has 0 saturated carbocycles. The number of aromatic nitrogens is 3. The number of thiazole rings is 1. The fraction of sp³-hybridized carbons (Fsp3) is 0.148. The summed E-state index contributed by atoms with van der Waals surface area (Å²) in [4.78, 5) is 14.6. The molecular formula is C27H21N3OS. The summed E-state index contributed by atoms with van der Waals surface area (Å²) in [6, 6.07) is 22.4. The van der Waals surface area contributed by atoms with Crippen molar-refractivity contribution in [1.82, 2.24) is 15.0 Å². The van der Waals surface area contributed by atoms with E-state index < -0.39 is 0 Å². The number of fused-ring (bicyclic) bond motifs is 2. The van der Waals surface area contributed by atoms with Gasteiger partial charge in [-0.25, -0.2) is 15.0 Å². The molecule has 0 radical (unpaired) electrons. The average Bonchev–Trinajstić information content (AvgIpc) is 3.26. The minimum absolute atomic E-state index is 0.217. The van der Waals surface area contributed by atoms with Gasteiger partial charge in [-0.2, -0.15) is 0 Å². The molecule has 0 spiro atoms. The lowest BCUT2D eigenvalue weighted by Crippen LogP contribution is -1.97. The minimum atomic E-state index is 0.217. The third-order valence-electron chi connectivity index (χ3n) is 5.33. The first-order chi connectivity index (χ1) is 15.6. The van der Waals surface area contributed by atoms with Crippen molar-refractivity contribution in [3.63, 3.8) is 0 Å². The number of benzene rings is 3. The van der Waals surface area contributed by atoms with Crippen molar-refractivity contribution in [3.8, 4) is 40.2 Å². The highest BCUT2D eigenvalue weighted by Gasteiger charge is 2.15. The van der Waals surface area contributed by atoms with Gasteiger partial charge in [-0.1, -0.05) is 56.2 Å². The maximum absolute atomic E-state index is 5.66. The normalized spacial score (nSPS) is 11.2. The van der Waals surface area contributed by atoms with Crippen LogP contribution in [0.5, 0.6) is 5.75 Å². The van der Waals surface area contributed by atoms with Crippen LogP contribution in [0.2, 0.25) is 0 Å². The molecule has 156 valence electrons. The Morgan fingerprint density at radius 2 is 1.75 bits per heavy atom. The molecule has 5 heteroatoms. The van der Waals surface area contributed by atoms with Gasteiger partial charge in [0, 0.05) is 10.9 Å². The van der Waals surface area contributed by atoms with E-state index >= 15 is 0 Å². The van der Waals surface area contributed by atoms with Gasteiger partial charge in [-0.15, -0.1) is 17.8 Å². The van der Waals surface area contributed by atoms with Crippen molar-refractivity contribution in [2.75, 3.05) is 6.61 Å². The second kappa shape index (κ2) is 8.41. The van der Waals surface area contributed by atoms with Gasteiger partial charge in [0.15, 0.2) is 10.8 Å². The molecule has 0 aliphatic rings.